The van der Waals surface area contributed by atoms with E-state index in [9.17, 15) is 0 Å². The maximum absolute atomic E-state index is 5.84. The molecular weight excluding hydrogens is 256 g/mol. The number of ether oxygens (including phenoxy) is 1. The first-order chi connectivity index (χ1) is 9.18. The molecular formula is C15H22N2OS. The standard InChI is InChI=1S/C15H22N2OS/c1-11-5-4-8-13(15(16)19)14(11)17-9-10-18-12-6-2-3-7-12/h4-5,8,12,17H,2-3,6-7,9-10H2,1H3,(H2,16,19). The first kappa shape index (κ1) is 14.3. The molecule has 1 fully saturated rings. The van der Waals surface area contributed by atoms with Crippen molar-refractivity contribution in [1.82, 2.24) is 0 Å². The third-order valence-corrected chi connectivity index (χ3v) is 3.82. The van der Waals surface area contributed by atoms with Crippen molar-refractivity contribution < 1.29 is 4.74 Å². The van der Waals surface area contributed by atoms with Crippen LogP contribution in [0.4, 0.5) is 5.69 Å². The van der Waals surface area contributed by atoms with E-state index in [0.29, 0.717) is 11.1 Å². The minimum atomic E-state index is 0.433. The molecule has 4 heteroatoms. The summed E-state index contributed by atoms with van der Waals surface area (Å²) in [7, 11) is 0. The summed E-state index contributed by atoms with van der Waals surface area (Å²) in [6.45, 7) is 3.58. The lowest BCUT2D eigenvalue weighted by molar-refractivity contribution is 0.0659. The Balaban J connectivity index is 1.86. The van der Waals surface area contributed by atoms with Gasteiger partial charge in [-0.2, -0.15) is 0 Å². The Kier molecular flexibility index (Phi) is 5.16. The summed E-state index contributed by atoms with van der Waals surface area (Å²) in [6.07, 6.45) is 5.50. The molecule has 1 saturated carbocycles. The molecule has 0 atom stereocenters. The predicted octanol–water partition coefficient (Wildman–Crippen LogP) is 3.00. The molecule has 1 aliphatic rings. The molecule has 3 N–H and O–H groups in total. The molecule has 0 heterocycles. The second kappa shape index (κ2) is 6.87. The number of nitrogens with one attached hydrogen (secondary N) is 1. The first-order valence-corrected chi connectivity index (χ1v) is 7.34. The number of hydrogen-bond donors (Lipinski definition) is 2. The topological polar surface area (TPSA) is 47.3 Å². The highest BCUT2D eigenvalue weighted by atomic mass is 32.1. The highest BCUT2D eigenvalue weighted by Crippen LogP contribution is 2.22. The molecule has 0 bridgehead atoms. The van der Waals surface area contributed by atoms with Gasteiger partial charge in [-0.15, -0.1) is 0 Å². The van der Waals surface area contributed by atoms with E-state index in [-0.39, 0.29) is 0 Å². The van der Waals surface area contributed by atoms with E-state index in [1.165, 1.54) is 25.7 Å². The highest BCUT2D eigenvalue weighted by Gasteiger charge is 2.15. The van der Waals surface area contributed by atoms with Gasteiger partial charge in [0.05, 0.1) is 12.7 Å². The van der Waals surface area contributed by atoms with E-state index >= 15 is 0 Å². The lowest BCUT2D eigenvalue weighted by atomic mass is 10.1. The minimum absolute atomic E-state index is 0.433. The van der Waals surface area contributed by atoms with Crippen molar-refractivity contribution in [2.75, 3.05) is 18.5 Å². The fraction of sp³-hybridized carbons (Fsp3) is 0.533. The van der Waals surface area contributed by atoms with Gasteiger partial charge in [0, 0.05) is 17.8 Å². The van der Waals surface area contributed by atoms with Gasteiger partial charge in [-0.25, -0.2) is 0 Å². The van der Waals surface area contributed by atoms with Crippen molar-refractivity contribution in [3.63, 3.8) is 0 Å². The van der Waals surface area contributed by atoms with Gasteiger partial charge in [0.25, 0.3) is 0 Å². The molecule has 2 rings (SSSR count). The first-order valence-electron chi connectivity index (χ1n) is 6.93. The van der Waals surface area contributed by atoms with Gasteiger partial charge in [0.15, 0.2) is 0 Å². The van der Waals surface area contributed by atoms with E-state index in [4.69, 9.17) is 22.7 Å². The number of anilines is 1. The minimum Gasteiger partial charge on any atom is -0.389 e. The molecule has 0 amide bonds. The Morgan fingerprint density at radius 3 is 2.84 bits per heavy atom. The number of benzene rings is 1. The Bertz CT molecular complexity index is 442. The molecule has 0 spiro atoms. The molecule has 1 aromatic carbocycles. The average molecular weight is 278 g/mol. The zero-order valence-corrected chi connectivity index (χ0v) is 12.3. The molecule has 1 aromatic rings. The predicted molar refractivity (Wildman–Crippen MR) is 83.8 cm³/mol. The summed E-state index contributed by atoms with van der Waals surface area (Å²) in [5, 5.41) is 3.39. The van der Waals surface area contributed by atoms with Crippen LogP contribution in [0.25, 0.3) is 0 Å². The molecule has 0 saturated heterocycles. The van der Waals surface area contributed by atoms with Crippen LogP contribution in [0.3, 0.4) is 0 Å². The summed E-state index contributed by atoms with van der Waals surface area (Å²) in [6, 6.07) is 5.99. The van der Waals surface area contributed by atoms with Crippen LogP contribution in [0.1, 0.15) is 36.8 Å². The number of aryl methyl sites for hydroxylation is 1. The molecule has 0 aliphatic heterocycles. The number of nitrogens with two attached hydrogens (primary N) is 1. The number of hydrogen-bond acceptors (Lipinski definition) is 3. The van der Waals surface area contributed by atoms with Crippen molar-refractivity contribution in [3.8, 4) is 0 Å². The lowest BCUT2D eigenvalue weighted by Gasteiger charge is -2.16. The molecule has 0 unspecified atom stereocenters. The maximum atomic E-state index is 5.84. The third kappa shape index (κ3) is 3.91. The molecule has 3 nitrogen and oxygen atoms in total. The van der Waals surface area contributed by atoms with Crippen molar-refractivity contribution in [2.45, 2.75) is 38.7 Å². The van der Waals surface area contributed by atoms with Gasteiger partial charge >= 0.3 is 0 Å². The van der Waals surface area contributed by atoms with Gasteiger partial charge in [-0.05, 0) is 31.4 Å². The Hall–Kier alpha value is -1.13. The summed E-state index contributed by atoms with van der Waals surface area (Å²) in [5.41, 5.74) is 8.85. The van der Waals surface area contributed by atoms with E-state index in [2.05, 4.69) is 18.3 Å². The van der Waals surface area contributed by atoms with Crippen LogP contribution in [-0.2, 0) is 4.74 Å². The maximum Gasteiger partial charge on any atom is 0.106 e. The fourth-order valence-electron chi connectivity index (χ4n) is 2.56. The lowest BCUT2D eigenvalue weighted by Crippen LogP contribution is -2.18. The monoisotopic (exact) mass is 278 g/mol. The van der Waals surface area contributed by atoms with Crippen LogP contribution < -0.4 is 11.1 Å². The number of para-hydroxylation sites is 1. The molecule has 0 radical (unpaired) electrons. The quantitative estimate of drug-likeness (QED) is 0.620. The van der Waals surface area contributed by atoms with Crippen molar-refractivity contribution in [2.24, 2.45) is 5.73 Å². The van der Waals surface area contributed by atoms with Crippen LogP contribution >= 0.6 is 12.2 Å². The molecule has 19 heavy (non-hydrogen) atoms. The highest BCUT2D eigenvalue weighted by molar-refractivity contribution is 7.80. The largest absolute Gasteiger partial charge is 0.389 e. The van der Waals surface area contributed by atoms with Crippen molar-refractivity contribution in [3.05, 3.63) is 29.3 Å². The van der Waals surface area contributed by atoms with Crippen LogP contribution in [0, 0.1) is 6.92 Å². The van der Waals surface area contributed by atoms with Gasteiger partial charge < -0.3 is 15.8 Å². The summed E-state index contributed by atoms with van der Waals surface area (Å²) in [4.78, 5) is 0.433. The van der Waals surface area contributed by atoms with Gasteiger partial charge in [-0.3, -0.25) is 0 Å². The van der Waals surface area contributed by atoms with Crippen LogP contribution in [0.15, 0.2) is 18.2 Å². The van der Waals surface area contributed by atoms with Crippen LogP contribution in [0.2, 0.25) is 0 Å². The summed E-state index contributed by atoms with van der Waals surface area (Å²) < 4.78 is 5.84. The van der Waals surface area contributed by atoms with E-state index in [1.54, 1.807) is 0 Å². The van der Waals surface area contributed by atoms with E-state index in [0.717, 1.165) is 30.0 Å². The van der Waals surface area contributed by atoms with Crippen molar-refractivity contribution in [1.29, 1.82) is 0 Å². The van der Waals surface area contributed by atoms with Gasteiger partial charge in [0.1, 0.15) is 4.99 Å². The van der Waals surface area contributed by atoms with E-state index in [1.807, 2.05) is 12.1 Å². The average Bonchev–Trinajstić information content (AvgIpc) is 2.88. The second-order valence-electron chi connectivity index (χ2n) is 5.07. The number of rotatable bonds is 6. The zero-order chi connectivity index (χ0) is 13.7. The SMILES string of the molecule is Cc1cccc(C(N)=S)c1NCCOC1CCCC1. The van der Waals surface area contributed by atoms with Gasteiger partial charge in [-0.1, -0.05) is 37.2 Å². The van der Waals surface area contributed by atoms with Crippen LogP contribution in [-0.4, -0.2) is 24.2 Å². The third-order valence-electron chi connectivity index (χ3n) is 3.60. The van der Waals surface area contributed by atoms with Gasteiger partial charge in [0.2, 0.25) is 0 Å². The Morgan fingerprint density at radius 1 is 1.42 bits per heavy atom. The summed E-state index contributed by atoms with van der Waals surface area (Å²) >= 11 is 5.08. The second-order valence-corrected chi connectivity index (χ2v) is 5.51. The Labute approximate surface area is 120 Å². The summed E-state index contributed by atoms with van der Waals surface area (Å²) in [5.74, 6) is 0. The molecule has 1 aliphatic carbocycles. The van der Waals surface area contributed by atoms with Crippen LogP contribution in [0.5, 0.6) is 0 Å². The smallest absolute Gasteiger partial charge is 0.106 e. The zero-order valence-electron chi connectivity index (χ0n) is 11.4. The molecule has 0 aromatic heterocycles. The fourth-order valence-corrected chi connectivity index (χ4v) is 2.73. The molecule has 104 valence electrons. The van der Waals surface area contributed by atoms with E-state index < -0.39 is 0 Å². The van der Waals surface area contributed by atoms with Crippen molar-refractivity contribution >= 4 is 22.9 Å². The number of thiocarbonyl (C=S) groups is 1. The normalized spacial score (nSPS) is 15.6. The Morgan fingerprint density at radius 2 is 2.16 bits per heavy atom.